The molecule has 1 saturated heterocycles. The van der Waals surface area contributed by atoms with Crippen molar-refractivity contribution in [1.82, 2.24) is 9.88 Å². The van der Waals surface area contributed by atoms with Gasteiger partial charge in [-0.1, -0.05) is 30.7 Å². The topological polar surface area (TPSA) is 59.3 Å². The van der Waals surface area contributed by atoms with Crippen molar-refractivity contribution in [1.29, 1.82) is 0 Å². The molecule has 1 aromatic heterocycles. The summed E-state index contributed by atoms with van der Waals surface area (Å²) in [6, 6.07) is 9.02. The highest BCUT2D eigenvalue weighted by molar-refractivity contribution is 6.30. The summed E-state index contributed by atoms with van der Waals surface area (Å²) in [6.07, 6.45) is 7.26. The monoisotopic (exact) mass is 438 g/mol. The smallest absolute Gasteiger partial charge is 0.314 e. The lowest BCUT2D eigenvalue weighted by Gasteiger charge is -2.52. The van der Waals surface area contributed by atoms with E-state index in [1.807, 2.05) is 31.3 Å². The highest BCUT2D eigenvalue weighted by Gasteiger charge is 2.58. The average Bonchev–Trinajstić information content (AvgIpc) is 3.17. The molecule has 1 unspecified atom stereocenters. The van der Waals surface area contributed by atoms with Gasteiger partial charge in [0.2, 0.25) is 0 Å². The van der Waals surface area contributed by atoms with Crippen LogP contribution in [0.25, 0.3) is 11.1 Å². The van der Waals surface area contributed by atoms with Crippen molar-refractivity contribution in [2.75, 3.05) is 33.9 Å². The van der Waals surface area contributed by atoms with Crippen LogP contribution in [0, 0.1) is 11.3 Å². The summed E-state index contributed by atoms with van der Waals surface area (Å²) >= 11 is 6.21. The summed E-state index contributed by atoms with van der Waals surface area (Å²) < 4.78 is 12.0. The lowest BCUT2D eigenvalue weighted by molar-refractivity contribution is -0.0791. The number of aromatic nitrogens is 1. The lowest BCUT2D eigenvalue weighted by atomic mass is 9.55. The normalized spacial score (nSPS) is 29.4. The Morgan fingerprint density at radius 2 is 2.10 bits per heavy atom. The Morgan fingerprint density at radius 1 is 1.23 bits per heavy atom. The van der Waals surface area contributed by atoms with E-state index in [0.29, 0.717) is 24.3 Å². The number of amidine groups is 1. The van der Waals surface area contributed by atoms with Crippen LogP contribution in [0.4, 0.5) is 0 Å². The molecule has 2 aliphatic heterocycles. The summed E-state index contributed by atoms with van der Waals surface area (Å²) in [5, 5.41) is 0.626. The van der Waals surface area contributed by atoms with E-state index in [2.05, 4.69) is 35.1 Å². The Morgan fingerprint density at radius 3 is 2.90 bits per heavy atom. The van der Waals surface area contributed by atoms with Gasteiger partial charge in [-0.3, -0.25) is 4.98 Å². The molecule has 1 aromatic carbocycles. The molecule has 7 heteroatoms. The molecule has 0 radical (unpaired) electrons. The molecule has 3 atom stereocenters. The minimum atomic E-state index is -0.510. The zero-order valence-corrected chi connectivity index (χ0v) is 18.9. The highest BCUT2D eigenvalue weighted by Crippen LogP contribution is 2.56. The molecule has 1 aliphatic carbocycles. The van der Waals surface area contributed by atoms with Crippen LogP contribution in [0.15, 0.2) is 46.6 Å². The zero-order chi connectivity index (χ0) is 21.6. The molecule has 6 nitrogen and oxygen atoms in total. The van der Waals surface area contributed by atoms with E-state index < -0.39 is 5.54 Å². The predicted molar refractivity (Wildman–Crippen MR) is 123 cm³/mol. The third-order valence-electron chi connectivity index (χ3n) is 6.84. The van der Waals surface area contributed by atoms with Crippen molar-refractivity contribution in [2.45, 2.75) is 25.3 Å². The Hall–Kier alpha value is -2.44. The van der Waals surface area contributed by atoms with Gasteiger partial charge in [0.25, 0.3) is 0 Å². The highest BCUT2D eigenvalue weighted by atomic mass is 35.5. The third kappa shape index (κ3) is 3.52. The Kier molecular flexibility index (Phi) is 5.02. The summed E-state index contributed by atoms with van der Waals surface area (Å²) in [4.78, 5) is 15.7. The molecular weight excluding hydrogens is 412 g/mol. The number of pyridine rings is 1. The van der Waals surface area contributed by atoms with Crippen molar-refractivity contribution < 1.29 is 9.47 Å². The Labute approximate surface area is 188 Å². The van der Waals surface area contributed by atoms with E-state index in [1.165, 1.54) is 11.1 Å². The maximum Gasteiger partial charge on any atom is 0.314 e. The van der Waals surface area contributed by atoms with Crippen LogP contribution in [0.3, 0.4) is 0 Å². The molecule has 3 heterocycles. The largest absolute Gasteiger partial charge is 0.461 e. The Bertz CT molecular complexity index is 1070. The average molecular weight is 439 g/mol. The van der Waals surface area contributed by atoms with E-state index in [1.54, 1.807) is 12.5 Å². The first-order valence-corrected chi connectivity index (χ1v) is 11.0. The van der Waals surface area contributed by atoms with Gasteiger partial charge >= 0.3 is 6.02 Å². The van der Waals surface area contributed by atoms with E-state index in [0.717, 1.165) is 30.6 Å². The minimum Gasteiger partial charge on any atom is -0.461 e. The fraction of sp³-hybridized carbons (Fsp3) is 0.458. The fourth-order valence-corrected chi connectivity index (χ4v) is 5.44. The second kappa shape index (κ2) is 7.61. The fourth-order valence-electron chi connectivity index (χ4n) is 5.27. The first-order chi connectivity index (χ1) is 14.9. The number of rotatable bonds is 2. The van der Waals surface area contributed by atoms with Gasteiger partial charge in [0.05, 0.1) is 18.0 Å². The van der Waals surface area contributed by atoms with Crippen LogP contribution >= 0.6 is 11.6 Å². The maximum absolute atomic E-state index is 6.21. The molecule has 0 N–H and O–H groups in total. The Balaban J connectivity index is 1.66. The van der Waals surface area contributed by atoms with E-state index in [9.17, 15) is 0 Å². The molecule has 1 spiro atoms. The van der Waals surface area contributed by atoms with Crippen LogP contribution in [0.1, 0.15) is 24.5 Å². The van der Waals surface area contributed by atoms with Crippen LogP contribution in [-0.2, 0) is 21.4 Å². The van der Waals surface area contributed by atoms with E-state index in [-0.39, 0.29) is 11.3 Å². The standard InChI is InChI=1S/C24H27ClN4O2/c1-23-6-7-30-13-21(23)24(14-31-22(28-24)27-15-29(2)3)20-9-16(4-5-17(20)10-23)18-8-19(25)12-26-11-18/h4-5,8-9,11-12,15,21H,6-7,10,13-14H2,1-3H3/t21-,23+,24?/m1/s1. The van der Waals surface area contributed by atoms with E-state index in [4.69, 9.17) is 26.1 Å². The summed E-state index contributed by atoms with van der Waals surface area (Å²) in [6.45, 7) is 4.31. The predicted octanol–water partition coefficient (Wildman–Crippen LogP) is 4.17. The third-order valence-corrected chi connectivity index (χ3v) is 7.05. The second-order valence-corrected chi connectivity index (χ2v) is 9.72. The SMILES string of the molecule is CN(C)C=NC1=NC2(CO1)c1cc(-c3cncc(Cl)c3)ccc1C[C@]1(C)CCOC[C@@H]21. The first kappa shape index (κ1) is 20.5. The van der Waals surface area contributed by atoms with Crippen molar-refractivity contribution in [3.8, 4) is 11.1 Å². The van der Waals surface area contributed by atoms with Gasteiger partial charge < -0.3 is 14.4 Å². The number of hydrogen-bond donors (Lipinski definition) is 0. The van der Waals surface area contributed by atoms with Gasteiger partial charge in [-0.25, -0.2) is 4.99 Å². The number of ether oxygens (including phenoxy) is 2. The summed E-state index contributed by atoms with van der Waals surface area (Å²) in [7, 11) is 3.87. The lowest BCUT2D eigenvalue weighted by Crippen LogP contribution is -2.54. The van der Waals surface area contributed by atoms with Gasteiger partial charge in [0.1, 0.15) is 12.1 Å². The van der Waals surface area contributed by atoms with Crippen LogP contribution in [0.5, 0.6) is 0 Å². The van der Waals surface area contributed by atoms with Crippen molar-refractivity contribution in [3.05, 3.63) is 52.8 Å². The summed E-state index contributed by atoms with van der Waals surface area (Å²) in [5.41, 5.74) is 4.20. The van der Waals surface area contributed by atoms with Crippen LogP contribution < -0.4 is 0 Å². The number of halogens is 1. The quantitative estimate of drug-likeness (QED) is 0.521. The van der Waals surface area contributed by atoms with Gasteiger partial charge in [-0.15, -0.1) is 0 Å². The second-order valence-electron chi connectivity index (χ2n) is 9.29. The number of fused-ring (bicyclic) bond motifs is 4. The van der Waals surface area contributed by atoms with Gasteiger partial charge in [-0.2, -0.15) is 4.99 Å². The van der Waals surface area contributed by atoms with Gasteiger partial charge in [0.15, 0.2) is 0 Å². The molecule has 5 rings (SSSR count). The van der Waals surface area contributed by atoms with Gasteiger partial charge in [0, 0.05) is 44.6 Å². The van der Waals surface area contributed by atoms with Crippen molar-refractivity contribution in [3.63, 3.8) is 0 Å². The number of aliphatic imine (C=N–C) groups is 2. The molecule has 0 amide bonds. The number of nitrogens with zero attached hydrogens (tertiary/aromatic N) is 4. The van der Waals surface area contributed by atoms with Crippen molar-refractivity contribution in [2.24, 2.45) is 21.3 Å². The zero-order valence-electron chi connectivity index (χ0n) is 18.1. The molecule has 0 saturated carbocycles. The molecular formula is C24H27ClN4O2. The molecule has 3 aliphatic rings. The maximum atomic E-state index is 6.21. The molecule has 31 heavy (non-hydrogen) atoms. The van der Waals surface area contributed by atoms with Gasteiger partial charge in [-0.05, 0) is 47.1 Å². The molecule has 162 valence electrons. The number of benzene rings is 1. The summed E-state index contributed by atoms with van der Waals surface area (Å²) in [5.74, 6) is 0.223. The minimum absolute atomic E-state index is 0.109. The molecule has 1 fully saturated rings. The van der Waals surface area contributed by atoms with Crippen LogP contribution in [-0.4, -0.2) is 56.2 Å². The molecule has 0 bridgehead atoms. The van der Waals surface area contributed by atoms with Crippen LogP contribution in [0.2, 0.25) is 5.02 Å². The van der Waals surface area contributed by atoms with Crippen molar-refractivity contribution >= 4 is 24.0 Å². The molecule has 2 aromatic rings. The first-order valence-electron chi connectivity index (χ1n) is 10.6. The van der Waals surface area contributed by atoms with E-state index >= 15 is 0 Å². The number of hydrogen-bond acceptors (Lipinski definition) is 5.